The highest BCUT2D eigenvalue weighted by Gasteiger charge is 2.17. The minimum Gasteiger partial charge on any atom is -0.343 e. The number of hydrogen-bond acceptors (Lipinski definition) is 2. The number of H-pyrrole nitrogens is 1. The van der Waals surface area contributed by atoms with E-state index in [2.05, 4.69) is 11.2 Å². The van der Waals surface area contributed by atoms with Crippen molar-refractivity contribution in [1.82, 2.24) is 9.38 Å². The molecule has 0 spiro atoms. The maximum Gasteiger partial charge on any atom is 0.183 e. The molecule has 0 saturated carbocycles. The van der Waals surface area contributed by atoms with E-state index in [1.54, 1.807) is 12.1 Å². The van der Waals surface area contributed by atoms with Crippen LogP contribution in [0.25, 0.3) is 5.65 Å². The molecule has 16 heavy (non-hydrogen) atoms. The molecule has 3 rings (SSSR count). The Balaban J connectivity index is 2.00. The first-order valence-electron chi connectivity index (χ1n) is 5.65. The van der Waals surface area contributed by atoms with Crippen LogP contribution >= 0.6 is 11.8 Å². The van der Waals surface area contributed by atoms with Crippen molar-refractivity contribution in [2.45, 2.75) is 24.5 Å². The standard InChI is InChI=1S/C12H14N2OS/c15-9-4-5-14-8-10(13-12(14)7-9)11-3-1-2-6-16-11/h4-5,7-8,11,13H,1-3,6H2. The molecule has 0 aromatic carbocycles. The fourth-order valence-corrected chi connectivity index (χ4v) is 3.47. The van der Waals surface area contributed by atoms with Crippen LogP contribution in [0.2, 0.25) is 0 Å². The van der Waals surface area contributed by atoms with Crippen molar-refractivity contribution in [3.8, 4) is 0 Å². The topological polar surface area (TPSA) is 37.3 Å². The number of pyridine rings is 1. The SMILES string of the molecule is O=c1ccn2cc(C3CCCCS3)[nH]c2c1. The zero-order valence-corrected chi connectivity index (χ0v) is 9.80. The molecule has 2 aromatic heterocycles. The lowest BCUT2D eigenvalue weighted by atomic mass is 10.1. The Morgan fingerprint density at radius 1 is 1.44 bits per heavy atom. The van der Waals surface area contributed by atoms with Gasteiger partial charge in [-0.25, -0.2) is 0 Å². The summed E-state index contributed by atoms with van der Waals surface area (Å²) in [6.07, 6.45) is 7.81. The van der Waals surface area contributed by atoms with Gasteiger partial charge in [-0.3, -0.25) is 4.79 Å². The van der Waals surface area contributed by atoms with Crippen LogP contribution in [0, 0.1) is 0 Å². The van der Waals surface area contributed by atoms with E-state index in [0.29, 0.717) is 5.25 Å². The number of aromatic nitrogens is 2. The van der Waals surface area contributed by atoms with E-state index in [4.69, 9.17) is 0 Å². The third-order valence-electron chi connectivity index (χ3n) is 3.03. The van der Waals surface area contributed by atoms with Gasteiger partial charge in [0.15, 0.2) is 5.43 Å². The van der Waals surface area contributed by atoms with Gasteiger partial charge >= 0.3 is 0 Å². The molecule has 1 aliphatic rings. The van der Waals surface area contributed by atoms with Gasteiger partial charge in [-0.1, -0.05) is 6.42 Å². The lowest BCUT2D eigenvalue weighted by Crippen LogP contribution is -2.02. The van der Waals surface area contributed by atoms with E-state index in [1.807, 2.05) is 22.4 Å². The second-order valence-corrected chi connectivity index (χ2v) is 5.53. The first kappa shape index (κ1) is 10.0. The average molecular weight is 234 g/mol. The Bertz CT molecular complexity index is 551. The van der Waals surface area contributed by atoms with Crippen LogP contribution in [0.4, 0.5) is 0 Å². The summed E-state index contributed by atoms with van der Waals surface area (Å²) in [5.74, 6) is 1.25. The minimum absolute atomic E-state index is 0.0599. The van der Waals surface area contributed by atoms with E-state index < -0.39 is 0 Å². The molecule has 0 bridgehead atoms. The van der Waals surface area contributed by atoms with E-state index >= 15 is 0 Å². The van der Waals surface area contributed by atoms with Gasteiger partial charge in [0.1, 0.15) is 5.65 Å². The van der Waals surface area contributed by atoms with Crippen molar-refractivity contribution in [3.05, 3.63) is 40.4 Å². The quantitative estimate of drug-likeness (QED) is 0.823. The normalized spacial score (nSPS) is 21.4. The predicted molar refractivity (Wildman–Crippen MR) is 67.1 cm³/mol. The lowest BCUT2D eigenvalue weighted by molar-refractivity contribution is 0.678. The van der Waals surface area contributed by atoms with Gasteiger partial charge < -0.3 is 9.38 Å². The number of nitrogens with zero attached hydrogens (tertiary/aromatic N) is 1. The Hall–Kier alpha value is -1.16. The molecule has 1 N–H and O–H groups in total. The molecule has 1 atom stereocenters. The average Bonchev–Trinajstić information content (AvgIpc) is 2.73. The largest absolute Gasteiger partial charge is 0.343 e. The molecule has 4 heteroatoms. The molecule has 1 fully saturated rings. The Labute approximate surface area is 97.9 Å². The van der Waals surface area contributed by atoms with Crippen LogP contribution < -0.4 is 5.43 Å². The Morgan fingerprint density at radius 2 is 2.38 bits per heavy atom. The summed E-state index contributed by atoms with van der Waals surface area (Å²) >= 11 is 2.01. The maximum atomic E-state index is 11.2. The molecule has 2 aromatic rings. The monoisotopic (exact) mass is 234 g/mol. The number of rotatable bonds is 1. The van der Waals surface area contributed by atoms with Crippen molar-refractivity contribution < 1.29 is 0 Å². The van der Waals surface area contributed by atoms with Crippen LogP contribution in [0.15, 0.2) is 29.3 Å². The summed E-state index contributed by atoms with van der Waals surface area (Å²) < 4.78 is 1.99. The second kappa shape index (κ2) is 4.01. The van der Waals surface area contributed by atoms with Gasteiger partial charge in [-0.05, 0) is 18.6 Å². The van der Waals surface area contributed by atoms with Gasteiger partial charge in [-0.15, -0.1) is 0 Å². The third-order valence-corrected chi connectivity index (χ3v) is 4.45. The smallest absolute Gasteiger partial charge is 0.183 e. The molecular weight excluding hydrogens is 220 g/mol. The molecular formula is C12H14N2OS. The Kier molecular flexibility index (Phi) is 2.52. The molecule has 1 saturated heterocycles. The summed E-state index contributed by atoms with van der Waals surface area (Å²) in [5, 5.41) is 0.573. The molecule has 1 aliphatic heterocycles. The van der Waals surface area contributed by atoms with E-state index in [0.717, 1.165) is 5.65 Å². The van der Waals surface area contributed by atoms with Gasteiger partial charge in [0.25, 0.3) is 0 Å². The summed E-state index contributed by atoms with van der Waals surface area (Å²) in [4.78, 5) is 14.6. The molecule has 1 unspecified atom stereocenters. The predicted octanol–water partition coefficient (Wildman–Crippen LogP) is 2.59. The molecule has 0 aliphatic carbocycles. The molecule has 0 radical (unpaired) electrons. The van der Waals surface area contributed by atoms with Crippen molar-refractivity contribution in [2.75, 3.05) is 5.75 Å². The van der Waals surface area contributed by atoms with Crippen LogP contribution in [-0.4, -0.2) is 15.1 Å². The van der Waals surface area contributed by atoms with Crippen LogP contribution in [0.5, 0.6) is 0 Å². The van der Waals surface area contributed by atoms with Crippen molar-refractivity contribution in [3.63, 3.8) is 0 Å². The van der Waals surface area contributed by atoms with Gasteiger partial charge in [-0.2, -0.15) is 11.8 Å². The van der Waals surface area contributed by atoms with Crippen molar-refractivity contribution in [1.29, 1.82) is 0 Å². The summed E-state index contributed by atoms with van der Waals surface area (Å²) in [7, 11) is 0. The fraction of sp³-hybridized carbons (Fsp3) is 0.417. The summed E-state index contributed by atoms with van der Waals surface area (Å²) in [5.41, 5.74) is 2.20. The highest BCUT2D eigenvalue weighted by Crippen LogP contribution is 2.37. The fourth-order valence-electron chi connectivity index (χ4n) is 2.18. The van der Waals surface area contributed by atoms with Gasteiger partial charge in [0, 0.05) is 35.5 Å². The van der Waals surface area contributed by atoms with Crippen LogP contribution in [0.3, 0.4) is 0 Å². The third kappa shape index (κ3) is 1.78. The number of thioether (sulfide) groups is 1. The van der Waals surface area contributed by atoms with Crippen LogP contribution in [-0.2, 0) is 0 Å². The minimum atomic E-state index is 0.0599. The number of aromatic amines is 1. The maximum absolute atomic E-state index is 11.2. The van der Waals surface area contributed by atoms with E-state index in [9.17, 15) is 4.79 Å². The number of nitrogens with one attached hydrogen (secondary N) is 1. The summed E-state index contributed by atoms with van der Waals surface area (Å²) in [6, 6.07) is 3.25. The highest BCUT2D eigenvalue weighted by molar-refractivity contribution is 7.99. The highest BCUT2D eigenvalue weighted by atomic mass is 32.2. The second-order valence-electron chi connectivity index (χ2n) is 4.22. The van der Waals surface area contributed by atoms with E-state index in [-0.39, 0.29) is 5.43 Å². The molecule has 3 heterocycles. The molecule has 84 valence electrons. The van der Waals surface area contributed by atoms with Gasteiger partial charge in [0.2, 0.25) is 0 Å². The number of fused-ring (bicyclic) bond motifs is 1. The van der Waals surface area contributed by atoms with Crippen molar-refractivity contribution in [2.24, 2.45) is 0 Å². The summed E-state index contributed by atoms with van der Waals surface area (Å²) in [6.45, 7) is 0. The van der Waals surface area contributed by atoms with Crippen molar-refractivity contribution >= 4 is 17.4 Å². The first-order valence-corrected chi connectivity index (χ1v) is 6.70. The number of hydrogen-bond donors (Lipinski definition) is 1. The van der Waals surface area contributed by atoms with E-state index in [1.165, 1.54) is 30.7 Å². The zero-order chi connectivity index (χ0) is 11.0. The molecule has 3 nitrogen and oxygen atoms in total. The first-order chi connectivity index (χ1) is 7.83. The Morgan fingerprint density at radius 3 is 3.19 bits per heavy atom. The van der Waals surface area contributed by atoms with Crippen LogP contribution in [0.1, 0.15) is 30.2 Å². The number of imidazole rings is 1. The lowest BCUT2D eigenvalue weighted by Gasteiger charge is -2.19. The molecule has 0 amide bonds. The zero-order valence-electron chi connectivity index (χ0n) is 8.98. The van der Waals surface area contributed by atoms with Gasteiger partial charge in [0.05, 0.1) is 0 Å².